The summed E-state index contributed by atoms with van der Waals surface area (Å²) in [6, 6.07) is 0.267. The van der Waals surface area contributed by atoms with Crippen LogP contribution in [0.15, 0.2) is 0 Å². The summed E-state index contributed by atoms with van der Waals surface area (Å²) in [6.07, 6.45) is 1.54. The summed E-state index contributed by atoms with van der Waals surface area (Å²) >= 11 is 0. The molecule has 0 amide bonds. The molecule has 0 atom stereocenters. The average molecular weight is 269 g/mol. The van der Waals surface area contributed by atoms with Gasteiger partial charge in [0.1, 0.15) is 0 Å². The first-order chi connectivity index (χ1) is 9.12. The van der Waals surface area contributed by atoms with Crippen molar-refractivity contribution in [1.29, 1.82) is 0 Å². The van der Waals surface area contributed by atoms with Crippen LogP contribution in [0.4, 0.5) is 11.9 Å². The Morgan fingerprint density at radius 3 is 2.21 bits per heavy atom. The maximum absolute atomic E-state index is 9.56. The molecule has 3 N–H and O–H groups in total. The van der Waals surface area contributed by atoms with E-state index in [4.69, 9.17) is 4.74 Å². The summed E-state index contributed by atoms with van der Waals surface area (Å²) in [7, 11) is 1.73. The summed E-state index contributed by atoms with van der Waals surface area (Å²) in [5.74, 6) is 0.834. The van der Waals surface area contributed by atoms with Crippen LogP contribution in [0.2, 0.25) is 0 Å². The molecule has 19 heavy (non-hydrogen) atoms. The summed E-state index contributed by atoms with van der Waals surface area (Å²) in [6.45, 7) is 6.39. The molecule has 7 nitrogen and oxygen atoms in total. The Morgan fingerprint density at radius 1 is 1.11 bits per heavy atom. The van der Waals surface area contributed by atoms with E-state index in [2.05, 4.69) is 25.6 Å². The van der Waals surface area contributed by atoms with Gasteiger partial charge in [0.15, 0.2) is 0 Å². The lowest BCUT2D eigenvalue weighted by Gasteiger charge is -2.30. The van der Waals surface area contributed by atoms with E-state index in [0.29, 0.717) is 18.5 Å². The molecule has 0 aliphatic carbocycles. The van der Waals surface area contributed by atoms with E-state index >= 15 is 0 Å². The maximum Gasteiger partial charge on any atom is 0.323 e. The minimum absolute atomic E-state index is 0.0184. The minimum Gasteiger partial charge on any atom is -0.464 e. The van der Waals surface area contributed by atoms with E-state index in [1.807, 2.05) is 20.8 Å². The van der Waals surface area contributed by atoms with E-state index in [1.54, 1.807) is 7.05 Å². The highest BCUT2D eigenvalue weighted by Crippen LogP contribution is 2.21. The third-order valence-electron chi connectivity index (χ3n) is 3.15. The van der Waals surface area contributed by atoms with Gasteiger partial charge in [0, 0.05) is 7.05 Å². The van der Waals surface area contributed by atoms with Crippen molar-refractivity contribution in [2.24, 2.45) is 0 Å². The first-order valence-corrected chi connectivity index (χ1v) is 6.58. The Kier molecular flexibility index (Phi) is 5.75. The number of anilines is 2. The molecule has 1 aromatic heterocycles. The highest BCUT2D eigenvalue weighted by atomic mass is 16.5. The minimum atomic E-state index is -0.421. The fraction of sp³-hybridized carbons (Fsp3) is 0.750. The highest BCUT2D eigenvalue weighted by Gasteiger charge is 2.26. The zero-order valence-corrected chi connectivity index (χ0v) is 12.0. The van der Waals surface area contributed by atoms with Crippen LogP contribution in [0.5, 0.6) is 6.01 Å². The molecule has 0 aromatic carbocycles. The van der Waals surface area contributed by atoms with Crippen molar-refractivity contribution in [3.8, 4) is 6.01 Å². The van der Waals surface area contributed by atoms with Crippen LogP contribution in [0.25, 0.3) is 0 Å². The van der Waals surface area contributed by atoms with Crippen molar-refractivity contribution >= 4 is 11.9 Å². The van der Waals surface area contributed by atoms with Gasteiger partial charge < -0.3 is 20.5 Å². The maximum atomic E-state index is 9.56. The molecule has 108 valence electrons. The molecule has 7 heteroatoms. The van der Waals surface area contributed by atoms with Crippen molar-refractivity contribution in [1.82, 2.24) is 15.0 Å². The molecular weight excluding hydrogens is 246 g/mol. The SMILES string of the molecule is CCOc1nc(NC)nc(NC(CC)(CC)CO)n1. The molecular formula is C12H23N5O2. The van der Waals surface area contributed by atoms with Crippen molar-refractivity contribution < 1.29 is 9.84 Å². The third-order valence-corrected chi connectivity index (χ3v) is 3.15. The Bertz CT molecular complexity index is 387. The second-order valence-electron chi connectivity index (χ2n) is 4.22. The van der Waals surface area contributed by atoms with Gasteiger partial charge in [-0.05, 0) is 19.8 Å². The van der Waals surface area contributed by atoms with Gasteiger partial charge in [0.2, 0.25) is 11.9 Å². The van der Waals surface area contributed by atoms with Gasteiger partial charge in [-0.15, -0.1) is 0 Å². The van der Waals surface area contributed by atoms with Gasteiger partial charge in [-0.3, -0.25) is 0 Å². The largest absolute Gasteiger partial charge is 0.464 e. The predicted molar refractivity (Wildman–Crippen MR) is 74.6 cm³/mol. The summed E-state index contributed by atoms with van der Waals surface area (Å²) < 4.78 is 5.30. The number of hydrogen-bond acceptors (Lipinski definition) is 7. The predicted octanol–water partition coefficient (Wildman–Crippen LogP) is 1.27. The zero-order valence-electron chi connectivity index (χ0n) is 12.0. The van der Waals surface area contributed by atoms with Crippen molar-refractivity contribution in [3.05, 3.63) is 0 Å². The van der Waals surface area contributed by atoms with E-state index in [-0.39, 0.29) is 12.6 Å². The average Bonchev–Trinajstić information content (AvgIpc) is 2.45. The molecule has 1 heterocycles. The van der Waals surface area contributed by atoms with Crippen molar-refractivity contribution in [3.63, 3.8) is 0 Å². The fourth-order valence-corrected chi connectivity index (χ4v) is 1.64. The lowest BCUT2D eigenvalue weighted by Crippen LogP contribution is -2.41. The third kappa shape index (κ3) is 3.92. The molecule has 0 radical (unpaired) electrons. The van der Waals surface area contributed by atoms with Gasteiger partial charge in [-0.2, -0.15) is 15.0 Å². The molecule has 0 unspecified atom stereocenters. The van der Waals surface area contributed by atoms with Crippen LogP contribution in [0.1, 0.15) is 33.6 Å². The van der Waals surface area contributed by atoms with Gasteiger partial charge in [-0.25, -0.2) is 0 Å². The van der Waals surface area contributed by atoms with E-state index < -0.39 is 5.54 Å². The van der Waals surface area contributed by atoms with Crippen LogP contribution in [-0.4, -0.2) is 45.9 Å². The first kappa shape index (κ1) is 15.4. The molecule has 1 aromatic rings. The Labute approximate surface area is 113 Å². The molecule has 0 saturated carbocycles. The van der Waals surface area contributed by atoms with Crippen LogP contribution >= 0.6 is 0 Å². The second-order valence-corrected chi connectivity index (χ2v) is 4.22. The molecule has 0 aliphatic rings. The molecule has 0 fully saturated rings. The molecule has 0 aliphatic heterocycles. The summed E-state index contributed by atoms with van der Waals surface area (Å²) in [5.41, 5.74) is -0.421. The Balaban J connectivity index is 3.01. The number of nitrogens with one attached hydrogen (secondary N) is 2. The monoisotopic (exact) mass is 269 g/mol. The van der Waals surface area contributed by atoms with E-state index in [9.17, 15) is 5.11 Å². The van der Waals surface area contributed by atoms with Gasteiger partial charge in [0.25, 0.3) is 0 Å². The quantitative estimate of drug-likeness (QED) is 0.654. The number of aliphatic hydroxyl groups is 1. The van der Waals surface area contributed by atoms with Crippen LogP contribution in [-0.2, 0) is 0 Å². The number of ether oxygens (including phenoxy) is 1. The number of rotatable bonds is 8. The van der Waals surface area contributed by atoms with Crippen molar-refractivity contribution in [2.45, 2.75) is 39.2 Å². The molecule has 1 rings (SSSR count). The van der Waals surface area contributed by atoms with Crippen LogP contribution < -0.4 is 15.4 Å². The molecule has 0 saturated heterocycles. The zero-order chi connectivity index (χ0) is 14.3. The van der Waals surface area contributed by atoms with E-state index in [0.717, 1.165) is 12.8 Å². The lowest BCUT2D eigenvalue weighted by atomic mass is 9.94. The van der Waals surface area contributed by atoms with Gasteiger partial charge in [-0.1, -0.05) is 13.8 Å². The lowest BCUT2D eigenvalue weighted by molar-refractivity contribution is 0.201. The number of aromatic nitrogens is 3. The van der Waals surface area contributed by atoms with Crippen LogP contribution in [0.3, 0.4) is 0 Å². The standard InChI is InChI=1S/C12H23N5O2/c1-5-12(6-2,8-18)17-10-14-9(13-4)15-11(16-10)19-7-3/h18H,5-8H2,1-4H3,(H2,13,14,15,16,17). The normalized spacial score (nSPS) is 11.2. The topological polar surface area (TPSA) is 92.2 Å². The number of nitrogens with zero attached hydrogens (tertiary/aromatic N) is 3. The fourth-order valence-electron chi connectivity index (χ4n) is 1.64. The number of aliphatic hydroxyl groups excluding tert-OH is 1. The second kappa shape index (κ2) is 7.08. The smallest absolute Gasteiger partial charge is 0.323 e. The first-order valence-electron chi connectivity index (χ1n) is 6.58. The highest BCUT2D eigenvalue weighted by molar-refractivity contribution is 5.37. The molecule has 0 spiro atoms. The molecule has 0 bridgehead atoms. The van der Waals surface area contributed by atoms with Gasteiger partial charge in [0.05, 0.1) is 18.8 Å². The summed E-state index contributed by atoms with van der Waals surface area (Å²) in [5, 5.41) is 15.6. The Hall–Kier alpha value is -1.63. The number of hydrogen-bond donors (Lipinski definition) is 3. The van der Waals surface area contributed by atoms with Crippen LogP contribution in [0, 0.1) is 0 Å². The Morgan fingerprint density at radius 2 is 1.74 bits per heavy atom. The van der Waals surface area contributed by atoms with Gasteiger partial charge >= 0.3 is 6.01 Å². The van der Waals surface area contributed by atoms with E-state index in [1.165, 1.54) is 0 Å². The van der Waals surface area contributed by atoms with Crippen molar-refractivity contribution in [2.75, 3.05) is 30.9 Å². The summed E-state index contributed by atoms with van der Waals surface area (Å²) in [4.78, 5) is 12.5.